The summed E-state index contributed by atoms with van der Waals surface area (Å²) >= 11 is 0. The van der Waals surface area contributed by atoms with Crippen molar-refractivity contribution in [1.29, 1.82) is 0 Å². The van der Waals surface area contributed by atoms with Crippen LogP contribution in [0, 0.1) is 5.92 Å². The lowest BCUT2D eigenvalue weighted by Gasteiger charge is -2.26. The van der Waals surface area contributed by atoms with E-state index in [4.69, 9.17) is 22.3 Å². The molecule has 0 aliphatic heterocycles. The molecule has 0 bridgehead atoms. The molecule has 0 aliphatic carbocycles. The van der Waals surface area contributed by atoms with Crippen LogP contribution in [0.3, 0.4) is 0 Å². The van der Waals surface area contributed by atoms with E-state index in [1.54, 1.807) is 13.8 Å². The molecule has 0 saturated heterocycles. The van der Waals surface area contributed by atoms with Crippen LogP contribution in [-0.4, -0.2) is 65.5 Å². The van der Waals surface area contributed by atoms with E-state index in [1.165, 1.54) is 6.92 Å². The van der Waals surface area contributed by atoms with Crippen molar-refractivity contribution in [2.75, 3.05) is 6.54 Å². The van der Waals surface area contributed by atoms with Crippen molar-refractivity contribution in [3.63, 3.8) is 0 Å². The van der Waals surface area contributed by atoms with Crippen molar-refractivity contribution in [2.24, 2.45) is 28.1 Å². The van der Waals surface area contributed by atoms with Crippen LogP contribution >= 0.6 is 0 Å². The van der Waals surface area contributed by atoms with Gasteiger partial charge in [-0.2, -0.15) is 0 Å². The summed E-state index contributed by atoms with van der Waals surface area (Å²) in [5.74, 6) is -3.41. The monoisotopic (exact) mass is 491 g/mol. The minimum Gasteiger partial charge on any atom is -0.480 e. The van der Waals surface area contributed by atoms with Crippen LogP contribution in [0.2, 0.25) is 0 Å². The highest BCUT2D eigenvalue weighted by Crippen LogP contribution is 2.07. The number of guanidine groups is 1. The number of carbonyl (C=O) groups is 4. The molecule has 12 nitrogen and oxygen atoms in total. The molecular weight excluding hydrogens is 454 g/mol. The Morgan fingerprint density at radius 3 is 2.11 bits per heavy atom. The van der Waals surface area contributed by atoms with Crippen LogP contribution in [-0.2, 0) is 25.6 Å². The number of carbonyl (C=O) groups excluding carboxylic acids is 3. The number of rotatable bonds is 14. The number of carboxylic acids is 1. The van der Waals surface area contributed by atoms with Gasteiger partial charge in [0, 0.05) is 6.54 Å². The number of hydrogen-bond donors (Lipinski definition) is 7. The van der Waals surface area contributed by atoms with E-state index in [-0.39, 0.29) is 24.8 Å². The van der Waals surface area contributed by atoms with Gasteiger partial charge in [0.05, 0.1) is 6.04 Å². The first kappa shape index (κ1) is 29.4. The van der Waals surface area contributed by atoms with Crippen LogP contribution in [0.1, 0.15) is 39.2 Å². The van der Waals surface area contributed by atoms with Crippen LogP contribution < -0.4 is 33.2 Å². The number of nitrogens with two attached hydrogens (primary N) is 3. The number of hydrogen-bond acceptors (Lipinski definition) is 6. The third-order valence-corrected chi connectivity index (χ3v) is 5.19. The predicted molar refractivity (Wildman–Crippen MR) is 132 cm³/mol. The summed E-state index contributed by atoms with van der Waals surface area (Å²) in [6.45, 7) is 5.01. The lowest BCUT2D eigenvalue weighted by molar-refractivity contribution is -0.141. The summed E-state index contributed by atoms with van der Waals surface area (Å²) in [6, 6.07) is 5.19. The Balaban J connectivity index is 2.89. The molecule has 1 aromatic rings. The van der Waals surface area contributed by atoms with E-state index >= 15 is 0 Å². The number of aliphatic imine (C=N–C) groups is 1. The number of aliphatic carboxylic acids is 1. The first-order valence-electron chi connectivity index (χ1n) is 11.4. The van der Waals surface area contributed by atoms with Gasteiger partial charge in [-0.05, 0) is 37.7 Å². The molecule has 3 amide bonds. The first-order chi connectivity index (χ1) is 16.4. The fraction of sp³-hybridized carbons (Fsp3) is 0.522. The Kier molecular flexibility index (Phi) is 12.2. The summed E-state index contributed by atoms with van der Waals surface area (Å²) < 4.78 is 0. The second-order valence-corrected chi connectivity index (χ2v) is 8.60. The lowest BCUT2D eigenvalue weighted by Crippen LogP contribution is -2.58. The van der Waals surface area contributed by atoms with Crippen molar-refractivity contribution in [3.05, 3.63) is 35.9 Å². The second-order valence-electron chi connectivity index (χ2n) is 8.60. The maximum Gasteiger partial charge on any atom is 0.325 e. The minimum absolute atomic E-state index is 0.107. The van der Waals surface area contributed by atoms with E-state index < -0.39 is 47.9 Å². The van der Waals surface area contributed by atoms with Crippen molar-refractivity contribution < 1.29 is 24.3 Å². The molecule has 0 fully saturated rings. The fourth-order valence-electron chi connectivity index (χ4n) is 3.17. The Hall–Kier alpha value is -3.67. The van der Waals surface area contributed by atoms with E-state index in [1.807, 2.05) is 30.3 Å². The van der Waals surface area contributed by atoms with Gasteiger partial charge in [0.15, 0.2) is 5.96 Å². The maximum atomic E-state index is 13.0. The van der Waals surface area contributed by atoms with Gasteiger partial charge < -0.3 is 38.3 Å². The van der Waals surface area contributed by atoms with Gasteiger partial charge in [0.2, 0.25) is 17.7 Å². The average molecular weight is 492 g/mol. The van der Waals surface area contributed by atoms with E-state index in [0.717, 1.165) is 5.56 Å². The molecule has 0 radical (unpaired) electrons. The summed E-state index contributed by atoms with van der Waals surface area (Å²) in [5, 5.41) is 16.7. The van der Waals surface area contributed by atoms with E-state index in [9.17, 15) is 19.2 Å². The van der Waals surface area contributed by atoms with Crippen LogP contribution in [0.5, 0.6) is 0 Å². The smallest absolute Gasteiger partial charge is 0.325 e. The highest BCUT2D eigenvalue weighted by atomic mass is 16.4. The Morgan fingerprint density at radius 1 is 0.943 bits per heavy atom. The summed E-state index contributed by atoms with van der Waals surface area (Å²) in [6.07, 6.45) is 0.785. The van der Waals surface area contributed by atoms with Crippen LogP contribution in [0.15, 0.2) is 35.3 Å². The number of nitrogens with zero attached hydrogens (tertiary/aromatic N) is 1. The molecule has 1 aromatic carbocycles. The number of amides is 3. The van der Waals surface area contributed by atoms with Crippen molar-refractivity contribution in [3.8, 4) is 0 Å². The molecule has 0 saturated carbocycles. The summed E-state index contributed by atoms with van der Waals surface area (Å²) in [4.78, 5) is 53.4. The first-order valence-corrected chi connectivity index (χ1v) is 11.4. The second kappa shape index (κ2) is 14.6. The van der Waals surface area contributed by atoms with Crippen molar-refractivity contribution in [2.45, 2.75) is 64.2 Å². The molecule has 10 N–H and O–H groups in total. The zero-order valence-corrected chi connectivity index (χ0v) is 20.4. The quantitative estimate of drug-likeness (QED) is 0.0953. The highest BCUT2D eigenvalue weighted by molar-refractivity contribution is 5.94. The number of nitrogens with one attached hydrogen (secondary N) is 3. The average Bonchev–Trinajstić information content (AvgIpc) is 2.79. The zero-order chi connectivity index (χ0) is 26.5. The van der Waals surface area contributed by atoms with Crippen LogP contribution in [0.4, 0.5) is 0 Å². The summed E-state index contributed by atoms with van der Waals surface area (Å²) in [5.41, 5.74) is 17.5. The SMILES string of the molecule is CC(NC(=O)C(CCCN=C(N)N)NC(=O)C(NC(=O)C(N)Cc1ccccc1)C(C)C)C(=O)O. The molecule has 0 spiro atoms. The van der Waals surface area contributed by atoms with Gasteiger partial charge in [-0.1, -0.05) is 44.2 Å². The third kappa shape index (κ3) is 10.9. The lowest BCUT2D eigenvalue weighted by atomic mass is 10.0. The van der Waals surface area contributed by atoms with Gasteiger partial charge in [-0.3, -0.25) is 24.2 Å². The highest BCUT2D eigenvalue weighted by Gasteiger charge is 2.30. The zero-order valence-electron chi connectivity index (χ0n) is 20.4. The molecule has 4 unspecified atom stereocenters. The third-order valence-electron chi connectivity index (χ3n) is 5.19. The molecule has 194 valence electrons. The van der Waals surface area contributed by atoms with Gasteiger partial charge in [-0.25, -0.2) is 0 Å². The van der Waals surface area contributed by atoms with Crippen molar-refractivity contribution in [1.82, 2.24) is 16.0 Å². The van der Waals surface area contributed by atoms with Crippen molar-refractivity contribution >= 4 is 29.7 Å². The number of carboxylic acid groups (broad SMARTS) is 1. The van der Waals surface area contributed by atoms with E-state index in [2.05, 4.69) is 20.9 Å². The standard InChI is InChI=1S/C23H37N7O5/c1-13(2)18(30-19(31)16(24)12-15-8-5-4-6-9-15)21(33)29-17(10-7-11-27-23(25)26)20(32)28-14(3)22(34)35/h4-6,8-9,13-14,16-18H,7,10-12,24H2,1-3H3,(H,28,32)(H,29,33)(H,30,31)(H,34,35)(H4,25,26,27). The maximum absolute atomic E-state index is 13.0. The van der Waals surface area contributed by atoms with Gasteiger partial charge in [0.1, 0.15) is 18.1 Å². The molecule has 0 aliphatic rings. The normalized spacial score (nSPS) is 14.2. The Labute approximate surface area is 205 Å². The molecule has 0 heterocycles. The molecule has 1 rings (SSSR count). The largest absolute Gasteiger partial charge is 0.480 e. The molecular formula is C23H37N7O5. The molecule has 0 aromatic heterocycles. The van der Waals surface area contributed by atoms with Gasteiger partial charge in [0.25, 0.3) is 0 Å². The molecule has 35 heavy (non-hydrogen) atoms. The Bertz CT molecular complexity index is 888. The van der Waals surface area contributed by atoms with Gasteiger partial charge in [-0.15, -0.1) is 0 Å². The van der Waals surface area contributed by atoms with E-state index in [0.29, 0.717) is 12.8 Å². The topological polar surface area (TPSA) is 215 Å². The summed E-state index contributed by atoms with van der Waals surface area (Å²) in [7, 11) is 0. The van der Waals surface area contributed by atoms with Crippen LogP contribution in [0.25, 0.3) is 0 Å². The fourth-order valence-corrected chi connectivity index (χ4v) is 3.17. The molecule has 12 heteroatoms. The molecule has 4 atom stereocenters. The predicted octanol–water partition coefficient (Wildman–Crippen LogP) is -1.18. The minimum atomic E-state index is -1.22. The number of benzene rings is 1. The Morgan fingerprint density at radius 2 is 1.57 bits per heavy atom. The van der Waals surface area contributed by atoms with Gasteiger partial charge >= 0.3 is 5.97 Å².